The second-order valence-corrected chi connectivity index (χ2v) is 3.23. The lowest BCUT2D eigenvalue weighted by Gasteiger charge is -2.02. The van der Waals surface area contributed by atoms with E-state index in [0.717, 1.165) is 24.2 Å². The van der Waals surface area contributed by atoms with E-state index in [1.165, 1.54) is 0 Å². The average molecular weight is 174 g/mol. The number of rotatable bonds is 3. The van der Waals surface area contributed by atoms with Crippen LogP contribution in [0.4, 0.5) is 0 Å². The van der Waals surface area contributed by atoms with Crippen molar-refractivity contribution in [3.8, 4) is 0 Å². The van der Waals surface area contributed by atoms with Gasteiger partial charge in [0.05, 0.1) is 0 Å². The van der Waals surface area contributed by atoms with Gasteiger partial charge in [0.25, 0.3) is 0 Å². The summed E-state index contributed by atoms with van der Waals surface area (Å²) in [5.74, 6) is 0. The summed E-state index contributed by atoms with van der Waals surface area (Å²) in [5, 5.41) is 0. The van der Waals surface area contributed by atoms with E-state index in [9.17, 15) is 0 Å². The van der Waals surface area contributed by atoms with Crippen molar-refractivity contribution in [2.75, 3.05) is 6.54 Å². The number of allylic oxidation sites excluding steroid dienone is 4. The summed E-state index contributed by atoms with van der Waals surface area (Å²) in [6, 6.07) is 0. The Morgan fingerprint density at radius 1 is 1.38 bits per heavy atom. The minimum Gasteiger partial charge on any atom is -0.199 e. The minimum atomic E-state index is 1.02. The van der Waals surface area contributed by atoms with Crippen molar-refractivity contribution in [2.24, 2.45) is 0 Å². The summed E-state index contributed by atoms with van der Waals surface area (Å²) in [6.45, 7) is 10.8. The fraction of sp³-hybridized carbons (Fsp3) is 0.250. The summed E-state index contributed by atoms with van der Waals surface area (Å²) in [7, 11) is 0. The lowest BCUT2D eigenvalue weighted by Crippen LogP contribution is -2.13. The smallest absolute Gasteiger partial charge is 0.197 e. The highest BCUT2D eigenvalue weighted by molar-refractivity contribution is 5.67. The van der Waals surface area contributed by atoms with Crippen LogP contribution in [0.5, 0.6) is 0 Å². The van der Waals surface area contributed by atoms with Gasteiger partial charge in [-0.1, -0.05) is 24.3 Å². The topological polar surface area (TPSA) is 3.01 Å². The molecule has 0 unspecified atom stereocenters. The Bertz CT molecular complexity index is 303. The van der Waals surface area contributed by atoms with Gasteiger partial charge in [-0.3, -0.25) is 0 Å². The van der Waals surface area contributed by atoms with Crippen LogP contribution < -0.4 is 0 Å². The van der Waals surface area contributed by atoms with Gasteiger partial charge in [0, 0.05) is 12.5 Å². The van der Waals surface area contributed by atoms with Crippen molar-refractivity contribution in [2.45, 2.75) is 13.3 Å². The Labute approximate surface area is 80.1 Å². The molecule has 0 N–H and O–H groups in total. The molecule has 0 fully saturated rings. The molecular weight excluding hydrogens is 158 g/mol. The van der Waals surface area contributed by atoms with Crippen LogP contribution in [-0.4, -0.2) is 17.3 Å². The first-order valence-electron chi connectivity index (χ1n) is 4.49. The second kappa shape index (κ2) is 4.61. The molecule has 0 aromatic carbocycles. The standard InChI is InChI=1S/C12H16N/c1-11(2)7-8-12(3)13-9-5-4-6-10-13/h4-5,7-9H,1,3,6,10H2,2H3/q+1/b8-7-. The molecule has 0 aliphatic carbocycles. The fourth-order valence-corrected chi connectivity index (χ4v) is 1.12. The highest BCUT2D eigenvalue weighted by Crippen LogP contribution is 2.02. The van der Waals surface area contributed by atoms with Gasteiger partial charge in [-0.15, -0.1) is 0 Å². The second-order valence-electron chi connectivity index (χ2n) is 3.23. The molecule has 1 nitrogen and oxygen atoms in total. The molecule has 0 bridgehead atoms. The molecule has 1 heterocycles. The van der Waals surface area contributed by atoms with Gasteiger partial charge in [0.2, 0.25) is 0 Å². The third kappa shape index (κ3) is 3.24. The van der Waals surface area contributed by atoms with E-state index in [1.807, 2.05) is 19.1 Å². The number of nitrogens with zero attached hydrogens (tertiary/aromatic N) is 1. The van der Waals surface area contributed by atoms with Crippen LogP contribution in [0.2, 0.25) is 0 Å². The summed E-state index contributed by atoms with van der Waals surface area (Å²) < 4.78 is 2.14. The molecule has 0 amide bonds. The van der Waals surface area contributed by atoms with Crippen molar-refractivity contribution >= 4 is 6.21 Å². The molecule has 0 aromatic heterocycles. The zero-order valence-corrected chi connectivity index (χ0v) is 8.16. The average Bonchev–Trinajstić information content (AvgIpc) is 2.15. The van der Waals surface area contributed by atoms with Gasteiger partial charge in [0.15, 0.2) is 18.5 Å². The van der Waals surface area contributed by atoms with E-state index < -0.39 is 0 Å². The molecule has 0 aromatic rings. The van der Waals surface area contributed by atoms with Crippen LogP contribution in [0.1, 0.15) is 13.3 Å². The Kier molecular flexibility index (Phi) is 3.44. The fourth-order valence-electron chi connectivity index (χ4n) is 1.12. The largest absolute Gasteiger partial charge is 0.199 e. The molecule has 1 aliphatic rings. The van der Waals surface area contributed by atoms with Crippen molar-refractivity contribution in [1.82, 2.24) is 0 Å². The van der Waals surface area contributed by atoms with E-state index in [2.05, 4.69) is 36.1 Å². The Morgan fingerprint density at radius 3 is 2.69 bits per heavy atom. The van der Waals surface area contributed by atoms with E-state index in [4.69, 9.17) is 0 Å². The first-order chi connectivity index (χ1) is 6.20. The quantitative estimate of drug-likeness (QED) is 0.457. The summed E-state index contributed by atoms with van der Waals surface area (Å²) in [5.41, 5.74) is 2.07. The Balaban J connectivity index is 2.62. The van der Waals surface area contributed by atoms with Crippen molar-refractivity contribution < 1.29 is 4.58 Å². The van der Waals surface area contributed by atoms with Gasteiger partial charge in [-0.25, -0.2) is 0 Å². The van der Waals surface area contributed by atoms with Crippen molar-refractivity contribution in [3.05, 3.63) is 48.7 Å². The van der Waals surface area contributed by atoms with Gasteiger partial charge >= 0.3 is 0 Å². The van der Waals surface area contributed by atoms with Crippen LogP contribution in [0, 0.1) is 0 Å². The van der Waals surface area contributed by atoms with E-state index in [0.29, 0.717) is 0 Å². The molecule has 0 atom stereocenters. The maximum atomic E-state index is 3.98. The Morgan fingerprint density at radius 2 is 2.15 bits per heavy atom. The molecule has 0 radical (unpaired) electrons. The van der Waals surface area contributed by atoms with E-state index in [-0.39, 0.29) is 0 Å². The van der Waals surface area contributed by atoms with Gasteiger partial charge in [-0.2, -0.15) is 4.58 Å². The number of hydrogen-bond acceptors (Lipinski definition) is 0. The molecule has 0 saturated heterocycles. The SMILES string of the molecule is C=C(C)/C=C\C(=C)[N+]1=CC=CCC1. The van der Waals surface area contributed by atoms with E-state index in [1.54, 1.807) is 0 Å². The molecule has 0 spiro atoms. The maximum Gasteiger partial charge on any atom is 0.197 e. The predicted octanol–water partition coefficient (Wildman–Crippen LogP) is 2.68. The first kappa shape index (κ1) is 9.72. The monoisotopic (exact) mass is 174 g/mol. The van der Waals surface area contributed by atoms with Crippen LogP contribution in [0.25, 0.3) is 0 Å². The van der Waals surface area contributed by atoms with Crippen molar-refractivity contribution in [3.63, 3.8) is 0 Å². The molecular formula is C12H16N+. The molecule has 0 saturated carbocycles. The lowest BCUT2D eigenvalue weighted by molar-refractivity contribution is -0.466. The van der Waals surface area contributed by atoms with Crippen LogP contribution >= 0.6 is 0 Å². The van der Waals surface area contributed by atoms with E-state index >= 15 is 0 Å². The molecule has 1 heteroatoms. The maximum absolute atomic E-state index is 3.98. The normalized spacial score (nSPS) is 15.9. The highest BCUT2D eigenvalue weighted by Gasteiger charge is 2.07. The number of hydrogen-bond donors (Lipinski definition) is 0. The molecule has 13 heavy (non-hydrogen) atoms. The zero-order chi connectivity index (χ0) is 9.68. The summed E-state index contributed by atoms with van der Waals surface area (Å²) in [6.07, 6.45) is 11.3. The first-order valence-corrected chi connectivity index (χ1v) is 4.49. The third-order valence-corrected chi connectivity index (χ3v) is 1.87. The third-order valence-electron chi connectivity index (χ3n) is 1.87. The van der Waals surface area contributed by atoms with Crippen LogP contribution in [0.15, 0.2) is 48.7 Å². The van der Waals surface area contributed by atoms with Gasteiger partial charge in [-0.05, 0) is 19.6 Å². The molecule has 1 aliphatic heterocycles. The summed E-state index contributed by atoms with van der Waals surface area (Å²) >= 11 is 0. The van der Waals surface area contributed by atoms with Crippen LogP contribution in [0.3, 0.4) is 0 Å². The zero-order valence-electron chi connectivity index (χ0n) is 8.16. The Hall–Kier alpha value is -1.37. The predicted molar refractivity (Wildman–Crippen MR) is 58.0 cm³/mol. The van der Waals surface area contributed by atoms with Crippen LogP contribution in [-0.2, 0) is 0 Å². The van der Waals surface area contributed by atoms with Crippen molar-refractivity contribution in [1.29, 1.82) is 0 Å². The van der Waals surface area contributed by atoms with Gasteiger partial charge < -0.3 is 0 Å². The highest BCUT2D eigenvalue weighted by atomic mass is 15.0. The lowest BCUT2D eigenvalue weighted by atomic mass is 10.2. The van der Waals surface area contributed by atoms with Gasteiger partial charge in [0.1, 0.15) is 0 Å². The summed E-state index contributed by atoms with van der Waals surface area (Å²) in [4.78, 5) is 0. The molecule has 1 rings (SSSR count). The molecule has 68 valence electrons. The minimum absolute atomic E-state index is 1.02.